The number of nitrogens with zero attached hydrogens (tertiary/aromatic N) is 2. The summed E-state index contributed by atoms with van der Waals surface area (Å²) in [5.41, 5.74) is 0.986. The molecule has 1 aromatic carbocycles. The quantitative estimate of drug-likeness (QED) is 0.773. The lowest BCUT2D eigenvalue weighted by Crippen LogP contribution is -1.92. The summed E-state index contributed by atoms with van der Waals surface area (Å²) in [6, 6.07) is 9.00. The van der Waals surface area contributed by atoms with Crippen LogP contribution in [0.1, 0.15) is 11.1 Å². The second-order valence-corrected chi connectivity index (χ2v) is 4.03. The zero-order chi connectivity index (χ0) is 13.1. The van der Waals surface area contributed by atoms with Crippen LogP contribution in [-0.2, 0) is 0 Å². The Labute approximate surface area is 108 Å². The van der Waals surface area contributed by atoms with Gasteiger partial charge in [0.25, 0.3) is 0 Å². The Morgan fingerprint density at radius 2 is 2.11 bits per heavy atom. The number of hydrogen-bond acceptors (Lipinski definition) is 3. The molecule has 0 N–H and O–H groups in total. The SMILES string of the molecule is Cc1cc(F)ccc1Oc1cc(C#N)cc(Cl)n1. The number of aryl methyl sites for hydroxylation is 1. The van der Waals surface area contributed by atoms with Crippen LogP contribution in [0.25, 0.3) is 0 Å². The van der Waals surface area contributed by atoms with Gasteiger partial charge in [-0.05, 0) is 36.8 Å². The molecular weight excluding hydrogens is 255 g/mol. The maximum atomic E-state index is 12.9. The molecule has 3 nitrogen and oxygen atoms in total. The smallest absolute Gasteiger partial charge is 0.221 e. The molecule has 90 valence electrons. The normalized spacial score (nSPS) is 9.89. The standard InChI is InChI=1S/C13H8ClFN2O/c1-8-4-10(15)2-3-11(8)18-13-6-9(7-16)5-12(14)17-13/h2-6H,1H3. The van der Waals surface area contributed by atoms with E-state index in [-0.39, 0.29) is 16.9 Å². The van der Waals surface area contributed by atoms with E-state index >= 15 is 0 Å². The summed E-state index contributed by atoms with van der Waals surface area (Å²) in [7, 11) is 0. The average Bonchev–Trinajstić information content (AvgIpc) is 2.32. The van der Waals surface area contributed by atoms with Gasteiger partial charge >= 0.3 is 0 Å². The van der Waals surface area contributed by atoms with E-state index in [1.165, 1.54) is 30.3 Å². The third kappa shape index (κ3) is 2.76. The van der Waals surface area contributed by atoms with Crippen LogP contribution in [0.5, 0.6) is 11.6 Å². The maximum absolute atomic E-state index is 12.9. The van der Waals surface area contributed by atoms with Gasteiger partial charge in [-0.2, -0.15) is 5.26 Å². The molecule has 0 radical (unpaired) electrons. The molecule has 0 aliphatic rings. The first-order valence-electron chi connectivity index (χ1n) is 5.10. The molecule has 1 aromatic heterocycles. The van der Waals surface area contributed by atoms with Crippen molar-refractivity contribution in [3.05, 3.63) is 52.4 Å². The van der Waals surface area contributed by atoms with E-state index in [1.807, 2.05) is 6.07 Å². The minimum Gasteiger partial charge on any atom is -0.439 e. The van der Waals surface area contributed by atoms with Gasteiger partial charge in [-0.3, -0.25) is 0 Å². The second kappa shape index (κ2) is 5.03. The highest BCUT2D eigenvalue weighted by Crippen LogP contribution is 2.26. The highest BCUT2D eigenvalue weighted by atomic mass is 35.5. The molecule has 2 aromatic rings. The van der Waals surface area contributed by atoms with Gasteiger partial charge in [-0.25, -0.2) is 9.37 Å². The molecule has 0 atom stereocenters. The van der Waals surface area contributed by atoms with Crippen LogP contribution in [0.2, 0.25) is 5.15 Å². The van der Waals surface area contributed by atoms with E-state index in [4.69, 9.17) is 21.6 Å². The van der Waals surface area contributed by atoms with Crippen molar-refractivity contribution in [2.45, 2.75) is 6.92 Å². The Hall–Kier alpha value is -2.12. The third-order valence-corrected chi connectivity index (χ3v) is 2.44. The molecule has 0 fully saturated rings. The van der Waals surface area contributed by atoms with Crippen molar-refractivity contribution in [3.8, 4) is 17.7 Å². The Bertz CT molecular complexity index is 637. The van der Waals surface area contributed by atoms with Gasteiger partial charge in [0.1, 0.15) is 16.7 Å². The van der Waals surface area contributed by atoms with Gasteiger partial charge in [-0.15, -0.1) is 0 Å². The van der Waals surface area contributed by atoms with E-state index in [9.17, 15) is 4.39 Å². The predicted octanol–water partition coefficient (Wildman–Crippen LogP) is 3.85. The van der Waals surface area contributed by atoms with Crippen molar-refractivity contribution in [1.82, 2.24) is 4.98 Å². The van der Waals surface area contributed by atoms with Crippen LogP contribution < -0.4 is 4.74 Å². The van der Waals surface area contributed by atoms with Crippen LogP contribution in [0.3, 0.4) is 0 Å². The van der Waals surface area contributed by atoms with Crippen LogP contribution >= 0.6 is 11.6 Å². The first-order valence-corrected chi connectivity index (χ1v) is 5.48. The van der Waals surface area contributed by atoms with Gasteiger partial charge in [0.2, 0.25) is 5.88 Å². The molecule has 0 unspecified atom stereocenters. The fourth-order valence-electron chi connectivity index (χ4n) is 1.43. The van der Waals surface area contributed by atoms with E-state index in [2.05, 4.69) is 4.98 Å². The van der Waals surface area contributed by atoms with Gasteiger partial charge in [0.15, 0.2) is 0 Å². The van der Waals surface area contributed by atoms with Crippen molar-refractivity contribution in [2.75, 3.05) is 0 Å². The van der Waals surface area contributed by atoms with Crippen molar-refractivity contribution in [1.29, 1.82) is 5.26 Å². The molecule has 0 aliphatic heterocycles. The van der Waals surface area contributed by atoms with Gasteiger partial charge < -0.3 is 4.74 Å². The first-order chi connectivity index (χ1) is 8.58. The lowest BCUT2D eigenvalue weighted by Gasteiger charge is -2.08. The molecule has 0 spiro atoms. The fourth-order valence-corrected chi connectivity index (χ4v) is 1.63. The summed E-state index contributed by atoms with van der Waals surface area (Å²) in [6.45, 7) is 1.72. The second-order valence-electron chi connectivity index (χ2n) is 3.64. The van der Waals surface area contributed by atoms with Crippen molar-refractivity contribution >= 4 is 11.6 Å². The Morgan fingerprint density at radius 1 is 1.33 bits per heavy atom. The summed E-state index contributed by atoms with van der Waals surface area (Å²) in [5, 5.41) is 8.97. The van der Waals surface area contributed by atoms with Gasteiger partial charge in [0, 0.05) is 6.07 Å². The molecule has 0 saturated heterocycles. The van der Waals surface area contributed by atoms with Crippen LogP contribution in [-0.4, -0.2) is 4.98 Å². The van der Waals surface area contributed by atoms with Crippen LogP contribution in [0.4, 0.5) is 4.39 Å². The Kier molecular flexibility index (Phi) is 3.45. The summed E-state index contributed by atoms with van der Waals surface area (Å²) in [4.78, 5) is 3.94. The molecule has 0 saturated carbocycles. The number of hydrogen-bond donors (Lipinski definition) is 0. The molecule has 1 heterocycles. The van der Waals surface area contributed by atoms with Crippen LogP contribution in [0, 0.1) is 24.1 Å². The van der Waals surface area contributed by atoms with E-state index in [1.54, 1.807) is 6.92 Å². The summed E-state index contributed by atoms with van der Waals surface area (Å²) in [6.07, 6.45) is 0. The number of rotatable bonds is 2. The van der Waals surface area contributed by atoms with Gasteiger partial charge in [0.05, 0.1) is 11.6 Å². The minimum atomic E-state index is -0.336. The van der Waals surface area contributed by atoms with Gasteiger partial charge in [-0.1, -0.05) is 11.6 Å². The molecule has 18 heavy (non-hydrogen) atoms. The fraction of sp³-hybridized carbons (Fsp3) is 0.0769. The Morgan fingerprint density at radius 3 is 2.78 bits per heavy atom. The summed E-state index contributed by atoms with van der Waals surface area (Å²) in [5.74, 6) is 0.334. The molecule has 0 amide bonds. The van der Waals surface area contributed by atoms with Crippen LogP contribution in [0.15, 0.2) is 30.3 Å². The zero-order valence-corrected chi connectivity index (χ0v) is 10.2. The molecule has 0 bridgehead atoms. The molecule has 5 heteroatoms. The predicted molar refractivity (Wildman–Crippen MR) is 65.2 cm³/mol. The molecule has 0 aliphatic carbocycles. The summed E-state index contributed by atoms with van der Waals surface area (Å²) < 4.78 is 18.4. The number of nitriles is 1. The van der Waals surface area contributed by atoms with Crippen molar-refractivity contribution in [3.63, 3.8) is 0 Å². The zero-order valence-electron chi connectivity index (χ0n) is 9.45. The van der Waals surface area contributed by atoms with E-state index < -0.39 is 0 Å². The maximum Gasteiger partial charge on any atom is 0.221 e. The van der Waals surface area contributed by atoms with E-state index in [0.717, 1.165) is 0 Å². The largest absolute Gasteiger partial charge is 0.439 e. The summed E-state index contributed by atoms with van der Waals surface area (Å²) >= 11 is 5.76. The number of aromatic nitrogens is 1. The number of halogens is 2. The number of benzene rings is 1. The monoisotopic (exact) mass is 262 g/mol. The molecular formula is C13H8ClFN2O. The van der Waals surface area contributed by atoms with E-state index in [0.29, 0.717) is 16.9 Å². The van der Waals surface area contributed by atoms with Crippen molar-refractivity contribution in [2.24, 2.45) is 0 Å². The topological polar surface area (TPSA) is 45.9 Å². The average molecular weight is 263 g/mol. The first kappa shape index (κ1) is 12.3. The Balaban J connectivity index is 2.34. The van der Waals surface area contributed by atoms with Crippen molar-refractivity contribution < 1.29 is 9.13 Å². The number of pyridine rings is 1. The lowest BCUT2D eigenvalue weighted by molar-refractivity contribution is 0.457. The molecule has 2 rings (SSSR count). The highest BCUT2D eigenvalue weighted by Gasteiger charge is 2.06. The lowest BCUT2D eigenvalue weighted by atomic mass is 10.2. The third-order valence-electron chi connectivity index (χ3n) is 2.25. The number of ether oxygens (including phenoxy) is 1. The highest BCUT2D eigenvalue weighted by molar-refractivity contribution is 6.29. The minimum absolute atomic E-state index is 0.170.